The number of nitrogens with zero attached hydrogens (tertiary/aromatic N) is 2. The number of thioether (sulfide) groups is 1. The molecule has 1 heterocycles. The van der Waals surface area contributed by atoms with Crippen molar-refractivity contribution in [2.45, 2.75) is 11.4 Å². The van der Waals surface area contributed by atoms with Crippen LogP contribution in [0.2, 0.25) is 5.02 Å². The Kier molecular flexibility index (Phi) is 6.29. The van der Waals surface area contributed by atoms with Crippen molar-refractivity contribution < 1.29 is 9.53 Å². The summed E-state index contributed by atoms with van der Waals surface area (Å²) in [6, 6.07) is 7.82. The van der Waals surface area contributed by atoms with Crippen molar-refractivity contribution in [2.75, 3.05) is 19.5 Å². The minimum Gasteiger partial charge on any atom is -0.383 e. The van der Waals surface area contributed by atoms with Crippen LogP contribution >= 0.6 is 39.3 Å². The molecule has 0 N–H and O–H groups in total. The number of methoxy groups -OCH3 is 1. The molecule has 0 saturated carbocycles. The Balaban J connectivity index is 2.02. The Morgan fingerprint density at radius 1 is 1.43 bits per heavy atom. The zero-order chi connectivity index (χ0) is 15.2. The smallest absolute Gasteiger partial charge is 0.192 e. The van der Waals surface area contributed by atoms with Gasteiger partial charge in [0.2, 0.25) is 0 Å². The van der Waals surface area contributed by atoms with Gasteiger partial charge in [-0.3, -0.25) is 9.48 Å². The average molecular weight is 390 g/mol. The first kappa shape index (κ1) is 16.5. The maximum atomic E-state index is 12.3. The molecule has 0 aliphatic carbocycles. The van der Waals surface area contributed by atoms with E-state index in [9.17, 15) is 4.79 Å². The number of benzene rings is 1. The Morgan fingerprint density at radius 3 is 2.81 bits per heavy atom. The number of carbonyl (C=O) groups is 1. The zero-order valence-electron chi connectivity index (χ0n) is 11.4. The molecular formula is C14H14BrClN2O2S. The van der Waals surface area contributed by atoms with E-state index in [-0.39, 0.29) is 5.78 Å². The molecule has 0 saturated heterocycles. The van der Waals surface area contributed by atoms with Gasteiger partial charge in [0.05, 0.1) is 30.1 Å². The van der Waals surface area contributed by atoms with Crippen molar-refractivity contribution >= 4 is 45.1 Å². The number of halogens is 2. The van der Waals surface area contributed by atoms with Crippen molar-refractivity contribution in [1.82, 2.24) is 9.78 Å². The third-order valence-corrected chi connectivity index (χ3v) is 4.57. The second-order valence-corrected chi connectivity index (χ2v) is 6.59. The fourth-order valence-electron chi connectivity index (χ4n) is 1.74. The molecule has 21 heavy (non-hydrogen) atoms. The molecule has 7 heteroatoms. The molecule has 0 radical (unpaired) electrons. The topological polar surface area (TPSA) is 44.1 Å². The molecular weight excluding hydrogens is 376 g/mol. The Bertz CT molecular complexity index is 616. The second kappa shape index (κ2) is 7.98. The van der Waals surface area contributed by atoms with Crippen molar-refractivity contribution in [3.8, 4) is 0 Å². The Labute approximate surface area is 140 Å². The standard InChI is InChI=1S/C14H14BrClN2O2S/c1-20-7-6-18-14(12(16)8-17-18)13(19)9-21-11-4-2-10(15)3-5-11/h2-5,8H,6-7,9H2,1H3. The fourth-order valence-corrected chi connectivity index (χ4v) is 3.01. The summed E-state index contributed by atoms with van der Waals surface area (Å²) >= 11 is 10.9. The lowest BCUT2D eigenvalue weighted by Crippen LogP contribution is -2.15. The SMILES string of the molecule is COCCn1ncc(Cl)c1C(=O)CSc1ccc(Br)cc1. The maximum Gasteiger partial charge on any atom is 0.192 e. The number of aromatic nitrogens is 2. The Morgan fingerprint density at radius 2 is 2.14 bits per heavy atom. The van der Waals surface area contributed by atoms with Crippen molar-refractivity contribution in [3.63, 3.8) is 0 Å². The van der Waals surface area contributed by atoms with Gasteiger partial charge < -0.3 is 4.74 Å². The van der Waals surface area contributed by atoms with Crippen LogP contribution in [0.25, 0.3) is 0 Å². The quantitative estimate of drug-likeness (QED) is 0.532. The molecule has 0 fully saturated rings. The van der Waals surface area contributed by atoms with E-state index in [1.54, 1.807) is 11.8 Å². The lowest BCUT2D eigenvalue weighted by atomic mass is 10.3. The predicted molar refractivity (Wildman–Crippen MR) is 88.3 cm³/mol. The van der Waals surface area contributed by atoms with Crippen LogP contribution in [0.5, 0.6) is 0 Å². The van der Waals surface area contributed by atoms with E-state index in [1.807, 2.05) is 24.3 Å². The minimum absolute atomic E-state index is 0.0403. The monoisotopic (exact) mass is 388 g/mol. The highest BCUT2D eigenvalue weighted by Gasteiger charge is 2.17. The number of Topliss-reactive ketones (excluding diaryl/α,β-unsaturated/α-hetero) is 1. The van der Waals surface area contributed by atoms with Gasteiger partial charge in [0.15, 0.2) is 5.78 Å². The van der Waals surface area contributed by atoms with E-state index < -0.39 is 0 Å². The van der Waals surface area contributed by atoms with Gasteiger partial charge in [0, 0.05) is 16.5 Å². The maximum absolute atomic E-state index is 12.3. The van der Waals surface area contributed by atoms with Crippen LogP contribution in [0.3, 0.4) is 0 Å². The molecule has 1 aromatic heterocycles. The molecule has 0 unspecified atom stereocenters. The number of ketones is 1. The second-order valence-electron chi connectivity index (χ2n) is 4.22. The summed E-state index contributed by atoms with van der Waals surface area (Å²) < 4.78 is 7.61. The molecule has 112 valence electrons. The lowest BCUT2D eigenvalue weighted by molar-refractivity contribution is 0.100. The number of rotatable bonds is 7. The average Bonchev–Trinajstić information content (AvgIpc) is 2.85. The molecule has 0 spiro atoms. The highest BCUT2D eigenvalue weighted by Crippen LogP contribution is 2.23. The first-order valence-electron chi connectivity index (χ1n) is 6.23. The lowest BCUT2D eigenvalue weighted by Gasteiger charge is -2.07. The van der Waals surface area contributed by atoms with Gasteiger partial charge in [-0.15, -0.1) is 11.8 Å². The van der Waals surface area contributed by atoms with Gasteiger partial charge >= 0.3 is 0 Å². The van der Waals surface area contributed by atoms with Crippen molar-refractivity contribution in [2.24, 2.45) is 0 Å². The highest BCUT2D eigenvalue weighted by atomic mass is 79.9. The summed E-state index contributed by atoms with van der Waals surface area (Å²) in [4.78, 5) is 13.4. The van der Waals surface area contributed by atoms with Gasteiger partial charge in [-0.1, -0.05) is 27.5 Å². The van der Waals surface area contributed by atoms with Crippen LogP contribution in [0, 0.1) is 0 Å². The summed E-state index contributed by atoms with van der Waals surface area (Å²) in [7, 11) is 1.61. The van der Waals surface area contributed by atoms with Crippen LogP contribution in [-0.4, -0.2) is 35.0 Å². The van der Waals surface area contributed by atoms with Crippen molar-refractivity contribution in [3.05, 3.63) is 45.7 Å². The molecule has 0 bridgehead atoms. The summed E-state index contributed by atoms with van der Waals surface area (Å²) in [5.74, 6) is 0.279. The third kappa shape index (κ3) is 4.57. The summed E-state index contributed by atoms with van der Waals surface area (Å²) in [5.41, 5.74) is 0.443. The predicted octanol–water partition coefficient (Wildman–Crippen LogP) is 3.92. The van der Waals surface area contributed by atoms with Crippen molar-refractivity contribution in [1.29, 1.82) is 0 Å². The van der Waals surface area contributed by atoms with Gasteiger partial charge in [0.1, 0.15) is 5.69 Å². The molecule has 4 nitrogen and oxygen atoms in total. The molecule has 0 amide bonds. The molecule has 0 aliphatic heterocycles. The summed E-state index contributed by atoms with van der Waals surface area (Å²) in [6.45, 7) is 0.991. The normalized spacial score (nSPS) is 10.8. The highest BCUT2D eigenvalue weighted by molar-refractivity contribution is 9.10. The van der Waals surface area contributed by atoms with E-state index in [2.05, 4.69) is 21.0 Å². The third-order valence-electron chi connectivity index (χ3n) is 2.75. The van der Waals surface area contributed by atoms with Crippen LogP contribution in [0.4, 0.5) is 0 Å². The van der Waals surface area contributed by atoms with E-state index >= 15 is 0 Å². The molecule has 2 aromatic rings. The molecule has 0 atom stereocenters. The van der Waals surface area contributed by atoms with E-state index in [0.29, 0.717) is 29.6 Å². The number of hydrogen-bond donors (Lipinski definition) is 0. The molecule has 2 rings (SSSR count). The number of ether oxygens (including phenoxy) is 1. The van der Waals surface area contributed by atoms with E-state index in [0.717, 1.165) is 9.37 Å². The zero-order valence-corrected chi connectivity index (χ0v) is 14.5. The Hall–Kier alpha value is -0.820. The number of hydrogen-bond acceptors (Lipinski definition) is 4. The van der Waals surface area contributed by atoms with Crippen LogP contribution in [-0.2, 0) is 11.3 Å². The fraction of sp³-hybridized carbons (Fsp3) is 0.286. The largest absolute Gasteiger partial charge is 0.383 e. The molecule has 1 aromatic carbocycles. The van der Waals surface area contributed by atoms with Crippen LogP contribution < -0.4 is 0 Å². The summed E-state index contributed by atoms with van der Waals surface area (Å²) in [6.07, 6.45) is 1.49. The minimum atomic E-state index is -0.0403. The van der Waals surface area contributed by atoms with Crippen LogP contribution in [0.1, 0.15) is 10.5 Å². The van der Waals surface area contributed by atoms with Gasteiger partial charge in [-0.05, 0) is 24.3 Å². The summed E-state index contributed by atoms with van der Waals surface area (Å²) in [5, 5.41) is 4.49. The first-order chi connectivity index (χ1) is 10.1. The van der Waals surface area contributed by atoms with Gasteiger partial charge in [-0.2, -0.15) is 5.10 Å². The van der Waals surface area contributed by atoms with Gasteiger partial charge in [-0.25, -0.2) is 0 Å². The van der Waals surface area contributed by atoms with E-state index in [4.69, 9.17) is 16.3 Å². The number of carbonyl (C=O) groups excluding carboxylic acids is 1. The first-order valence-corrected chi connectivity index (χ1v) is 8.39. The van der Waals surface area contributed by atoms with E-state index in [1.165, 1.54) is 18.0 Å². The van der Waals surface area contributed by atoms with Gasteiger partial charge in [0.25, 0.3) is 0 Å². The van der Waals surface area contributed by atoms with Crippen LogP contribution in [0.15, 0.2) is 39.8 Å². The molecule has 0 aliphatic rings.